The Kier molecular flexibility index (Phi) is 4.32. The maximum atomic E-state index is 10.2. The highest BCUT2D eigenvalue weighted by Crippen LogP contribution is 2.07. The SMILES string of the molecule is CC[C@@H](C)[C@H](C=O)OC. The lowest BCUT2D eigenvalue weighted by Crippen LogP contribution is -2.20. The van der Waals surface area contributed by atoms with Gasteiger partial charge in [-0.1, -0.05) is 20.3 Å². The van der Waals surface area contributed by atoms with Gasteiger partial charge >= 0.3 is 0 Å². The Morgan fingerprint density at radius 3 is 2.33 bits per heavy atom. The smallest absolute Gasteiger partial charge is 0.149 e. The van der Waals surface area contributed by atoms with E-state index >= 15 is 0 Å². The Balaban J connectivity index is 3.63. The van der Waals surface area contributed by atoms with E-state index in [-0.39, 0.29) is 6.10 Å². The van der Waals surface area contributed by atoms with Crippen LogP contribution in [0.5, 0.6) is 0 Å². The van der Waals surface area contributed by atoms with E-state index in [9.17, 15) is 4.79 Å². The van der Waals surface area contributed by atoms with Gasteiger partial charge in [-0.05, 0) is 5.92 Å². The zero-order valence-electron chi connectivity index (χ0n) is 6.26. The molecule has 0 aromatic carbocycles. The molecule has 0 heterocycles. The van der Waals surface area contributed by atoms with Gasteiger partial charge < -0.3 is 9.53 Å². The van der Waals surface area contributed by atoms with Crippen molar-refractivity contribution in [2.45, 2.75) is 26.4 Å². The van der Waals surface area contributed by atoms with Crippen LogP contribution in [-0.2, 0) is 9.53 Å². The van der Waals surface area contributed by atoms with Gasteiger partial charge in [-0.25, -0.2) is 0 Å². The summed E-state index contributed by atoms with van der Waals surface area (Å²) in [4.78, 5) is 10.2. The summed E-state index contributed by atoms with van der Waals surface area (Å²) in [5.41, 5.74) is 0. The number of hydrogen-bond acceptors (Lipinski definition) is 2. The molecule has 0 aromatic heterocycles. The highest BCUT2D eigenvalue weighted by molar-refractivity contribution is 5.56. The maximum absolute atomic E-state index is 10.2. The number of ether oxygens (including phenoxy) is 1. The van der Waals surface area contributed by atoms with Crippen LogP contribution in [0.4, 0.5) is 0 Å². The number of aldehydes is 1. The minimum atomic E-state index is -0.213. The molecule has 54 valence electrons. The molecule has 2 heteroatoms. The van der Waals surface area contributed by atoms with Crippen molar-refractivity contribution in [2.24, 2.45) is 5.92 Å². The highest BCUT2D eigenvalue weighted by Gasteiger charge is 2.12. The van der Waals surface area contributed by atoms with Crippen LogP contribution in [0.3, 0.4) is 0 Å². The molecule has 0 spiro atoms. The highest BCUT2D eigenvalue weighted by atomic mass is 16.5. The second-order valence-electron chi connectivity index (χ2n) is 2.22. The number of carbonyl (C=O) groups is 1. The minimum Gasteiger partial charge on any atom is -0.374 e. The molecule has 0 saturated heterocycles. The molecule has 0 aliphatic carbocycles. The van der Waals surface area contributed by atoms with Crippen LogP contribution in [0.25, 0.3) is 0 Å². The quantitative estimate of drug-likeness (QED) is 0.535. The maximum Gasteiger partial charge on any atom is 0.149 e. The van der Waals surface area contributed by atoms with E-state index in [1.165, 1.54) is 0 Å². The number of carbonyl (C=O) groups excluding carboxylic acids is 1. The summed E-state index contributed by atoms with van der Waals surface area (Å²) in [6.07, 6.45) is 1.63. The second kappa shape index (κ2) is 4.50. The summed E-state index contributed by atoms with van der Waals surface area (Å²) < 4.78 is 4.88. The van der Waals surface area contributed by atoms with Crippen LogP contribution < -0.4 is 0 Å². The van der Waals surface area contributed by atoms with Crippen LogP contribution in [0.2, 0.25) is 0 Å². The van der Waals surface area contributed by atoms with Crippen LogP contribution in [0.1, 0.15) is 20.3 Å². The normalized spacial score (nSPS) is 16.8. The molecule has 0 aliphatic heterocycles. The summed E-state index contributed by atoms with van der Waals surface area (Å²) in [6.45, 7) is 4.04. The molecule has 0 saturated carbocycles. The van der Waals surface area contributed by atoms with Gasteiger partial charge in [0.1, 0.15) is 12.4 Å². The predicted octanol–water partition coefficient (Wildman–Crippen LogP) is 1.25. The third-order valence-electron chi connectivity index (χ3n) is 1.61. The molecule has 0 N–H and O–H groups in total. The van der Waals surface area contributed by atoms with Crippen molar-refractivity contribution in [1.29, 1.82) is 0 Å². The fraction of sp³-hybridized carbons (Fsp3) is 0.857. The van der Waals surface area contributed by atoms with Gasteiger partial charge in [0.25, 0.3) is 0 Å². The fourth-order valence-corrected chi connectivity index (χ4v) is 0.654. The first-order valence-corrected chi connectivity index (χ1v) is 3.24. The van der Waals surface area contributed by atoms with Gasteiger partial charge in [-0.3, -0.25) is 0 Å². The standard InChI is InChI=1S/C7H14O2/c1-4-6(2)7(5-8)9-3/h5-7H,4H2,1-3H3/t6-,7+/m1/s1. The Bertz CT molecular complexity index is 81.0. The average Bonchev–Trinajstić information content (AvgIpc) is 1.90. The molecular weight excluding hydrogens is 116 g/mol. The number of methoxy groups -OCH3 is 1. The third kappa shape index (κ3) is 2.61. The first-order chi connectivity index (χ1) is 4.26. The molecule has 0 unspecified atom stereocenters. The van der Waals surface area contributed by atoms with E-state index in [1.54, 1.807) is 7.11 Å². The van der Waals surface area contributed by atoms with E-state index in [0.717, 1.165) is 12.7 Å². The van der Waals surface area contributed by atoms with Crippen molar-refractivity contribution in [3.05, 3.63) is 0 Å². The summed E-state index contributed by atoms with van der Waals surface area (Å²) >= 11 is 0. The van der Waals surface area contributed by atoms with E-state index < -0.39 is 0 Å². The van der Waals surface area contributed by atoms with Crippen molar-refractivity contribution in [1.82, 2.24) is 0 Å². The first-order valence-electron chi connectivity index (χ1n) is 3.24. The third-order valence-corrected chi connectivity index (χ3v) is 1.61. The topological polar surface area (TPSA) is 26.3 Å². The van der Waals surface area contributed by atoms with Crippen LogP contribution in [0.15, 0.2) is 0 Å². The van der Waals surface area contributed by atoms with Gasteiger partial charge in [0.15, 0.2) is 0 Å². The van der Waals surface area contributed by atoms with Crippen molar-refractivity contribution < 1.29 is 9.53 Å². The summed E-state index contributed by atoms with van der Waals surface area (Å²) in [5.74, 6) is 0.340. The van der Waals surface area contributed by atoms with Crippen molar-refractivity contribution in [3.8, 4) is 0 Å². The van der Waals surface area contributed by atoms with Gasteiger partial charge in [0.05, 0.1) is 0 Å². The molecule has 2 nitrogen and oxygen atoms in total. The molecule has 0 rings (SSSR count). The molecule has 0 aromatic rings. The summed E-state index contributed by atoms with van der Waals surface area (Å²) in [6, 6.07) is 0. The van der Waals surface area contributed by atoms with Gasteiger partial charge in [0.2, 0.25) is 0 Å². The zero-order valence-corrected chi connectivity index (χ0v) is 6.26. The molecule has 0 radical (unpaired) electrons. The Labute approximate surface area is 56.2 Å². The van der Waals surface area contributed by atoms with E-state index in [2.05, 4.69) is 0 Å². The molecular formula is C7H14O2. The first kappa shape index (κ1) is 8.63. The van der Waals surface area contributed by atoms with E-state index in [0.29, 0.717) is 5.92 Å². The lowest BCUT2D eigenvalue weighted by molar-refractivity contribution is -0.118. The second-order valence-corrected chi connectivity index (χ2v) is 2.22. The van der Waals surface area contributed by atoms with Gasteiger partial charge in [-0.2, -0.15) is 0 Å². The lowest BCUT2D eigenvalue weighted by atomic mass is 10.0. The predicted molar refractivity (Wildman–Crippen MR) is 36.3 cm³/mol. The Hall–Kier alpha value is -0.370. The van der Waals surface area contributed by atoms with Crippen molar-refractivity contribution in [3.63, 3.8) is 0 Å². The average molecular weight is 130 g/mol. The molecule has 9 heavy (non-hydrogen) atoms. The van der Waals surface area contributed by atoms with Gasteiger partial charge in [-0.15, -0.1) is 0 Å². The summed E-state index contributed by atoms with van der Waals surface area (Å²) in [7, 11) is 1.56. The minimum absolute atomic E-state index is 0.213. The van der Waals surface area contributed by atoms with Crippen molar-refractivity contribution in [2.75, 3.05) is 7.11 Å². The van der Waals surface area contributed by atoms with E-state index in [4.69, 9.17) is 4.74 Å². The van der Waals surface area contributed by atoms with Crippen LogP contribution >= 0.6 is 0 Å². The molecule has 0 bridgehead atoms. The molecule has 0 aliphatic rings. The van der Waals surface area contributed by atoms with Crippen molar-refractivity contribution >= 4 is 6.29 Å². The fourth-order valence-electron chi connectivity index (χ4n) is 0.654. The van der Waals surface area contributed by atoms with Gasteiger partial charge in [0, 0.05) is 7.11 Å². The Morgan fingerprint density at radius 1 is 1.67 bits per heavy atom. The zero-order chi connectivity index (χ0) is 7.28. The monoisotopic (exact) mass is 130 g/mol. The van der Waals surface area contributed by atoms with Crippen LogP contribution in [0, 0.1) is 5.92 Å². The molecule has 0 fully saturated rings. The molecule has 0 amide bonds. The number of rotatable bonds is 4. The number of hydrogen-bond donors (Lipinski definition) is 0. The van der Waals surface area contributed by atoms with Crippen LogP contribution in [-0.4, -0.2) is 19.5 Å². The summed E-state index contributed by atoms with van der Waals surface area (Å²) in [5, 5.41) is 0. The van der Waals surface area contributed by atoms with E-state index in [1.807, 2.05) is 13.8 Å². The Morgan fingerprint density at radius 2 is 2.22 bits per heavy atom. The molecule has 2 atom stereocenters. The lowest BCUT2D eigenvalue weighted by Gasteiger charge is -2.13. The largest absolute Gasteiger partial charge is 0.374 e.